The van der Waals surface area contributed by atoms with Gasteiger partial charge in [0.1, 0.15) is 17.9 Å². The number of rotatable bonds is 7. The van der Waals surface area contributed by atoms with Crippen LogP contribution in [-0.4, -0.2) is 18.7 Å². The molecule has 1 aliphatic carbocycles. The molecule has 0 radical (unpaired) electrons. The Bertz CT molecular complexity index is 529. The van der Waals surface area contributed by atoms with Crippen LogP contribution in [0.3, 0.4) is 0 Å². The lowest BCUT2D eigenvalue weighted by molar-refractivity contribution is 0.202. The van der Waals surface area contributed by atoms with E-state index in [1.54, 1.807) is 0 Å². The van der Waals surface area contributed by atoms with Crippen molar-refractivity contribution in [3.63, 3.8) is 0 Å². The highest BCUT2D eigenvalue weighted by Crippen LogP contribution is 2.40. The fourth-order valence-electron chi connectivity index (χ4n) is 2.80. The summed E-state index contributed by atoms with van der Waals surface area (Å²) in [6.45, 7) is 9.66. The zero-order chi connectivity index (χ0) is 15.5. The number of nitrogens with zero attached hydrogens (tertiary/aromatic N) is 1. The van der Waals surface area contributed by atoms with E-state index >= 15 is 0 Å². The zero-order valence-corrected chi connectivity index (χ0v) is 13.6. The van der Waals surface area contributed by atoms with Gasteiger partial charge in [-0.15, -0.1) is 0 Å². The molecule has 0 bridgehead atoms. The maximum Gasteiger partial charge on any atom is 0.143 e. The highest BCUT2D eigenvalue weighted by atomic mass is 16.5. The van der Waals surface area contributed by atoms with E-state index in [4.69, 9.17) is 4.74 Å². The van der Waals surface area contributed by atoms with Crippen LogP contribution in [0, 0.1) is 24.2 Å². The summed E-state index contributed by atoms with van der Waals surface area (Å²) < 4.78 is 6.10. The molecule has 0 saturated heterocycles. The van der Waals surface area contributed by atoms with Gasteiger partial charge in [0, 0.05) is 0 Å². The van der Waals surface area contributed by atoms with E-state index < -0.39 is 5.54 Å². The van der Waals surface area contributed by atoms with Gasteiger partial charge in [-0.1, -0.05) is 32.9 Å². The Hall–Kier alpha value is -1.53. The SMILES string of the molecule is CCNC(C#N)(COc1cc(C)ccc1C(C)C)C1CC1. The first-order valence-corrected chi connectivity index (χ1v) is 7.92. The molecule has 1 fully saturated rings. The van der Waals surface area contributed by atoms with Gasteiger partial charge in [-0.25, -0.2) is 0 Å². The van der Waals surface area contributed by atoms with Crippen LogP contribution < -0.4 is 10.1 Å². The van der Waals surface area contributed by atoms with Gasteiger partial charge in [0.15, 0.2) is 0 Å². The molecule has 3 heteroatoms. The van der Waals surface area contributed by atoms with Crippen LogP contribution in [0.4, 0.5) is 0 Å². The number of hydrogen-bond acceptors (Lipinski definition) is 3. The van der Waals surface area contributed by atoms with Crippen LogP contribution in [0.1, 0.15) is 50.7 Å². The third kappa shape index (κ3) is 3.57. The molecule has 0 amide bonds. The van der Waals surface area contributed by atoms with Crippen molar-refractivity contribution in [2.45, 2.75) is 52.0 Å². The number of ether oxygens (including phenoxy) is 1. The van der Waals surface area contributed by atoms with Crippen molar-refractivity contribution in [1.29, 1.82) is 5.26 Å². The van der Waals surface area contributed by atoms with Crippen LogP contribution in [0.5, 0.6) is 5.75 Å². The lowest BCUT2D eigenvalue weighted by atomic mass is 9.95. The molecule has 0 heterocycles. The van der Waals surface area contributed by atoms with E-state index in [0.717, 1.165) is 25.1 Å². The molecule has 1 unspecified atom stereocenters. The van der Waals surface area contributed by atoms with E-state index in [1.807, 2.05) is 6.92 Å². The number of benzene rings is 1. The predicted molar refractivity (Wildman–Crippen MR) is 85.5 cm³/mol. The Morgan fingerprint density at radius 1 is 1.43 bits per heavy atom. The largest absolute Gasteiger partial charge is 0.490 e. The summed E-state index contributed by atoms with van der Waals surface area (Å²) in [7, 11) is 0. The predicted octanol–water partition coefficient (Wildman–Crippen LogP) is 3.78. The smallest absolute Gasteiger partial charge is 0.143 e. The number of hydrogen-bond donors (Lipinski definition) is 1. The van der Waals surface area contributed by atoms with E-state index in [1.165, 1.54) is 11.1 Å². The zero-order valence-electron chi connectivity index (χ0n) is 13.6. The summed E-state index contributed by atoms with van der Waals surface area (Å²) in [5.41, 5.74) is 1.86. The Balaban J connectivity index is 2.18. The summed E-state index contributed by atoms with van der Waals surface area (Å²) in [6, 6.07) is 8.80. The number of nitriles is 1. The summed E-state index contributed by atoms with van der Waals surface area (Å²) >= 11 is 0. The van der Waals surface area contributed by atoms with Crippen LogP contribution in [-0.2, 0) is 0 Å². The van der Waals surface area contributed by atoms with Crippen LogP contribution >= 0.6 is 0 Å². The van der Waals surface area contributed by atoms with Crippen LogP contribution in [0.25, 0.3) is 0 Å². The summed E-state index contributed by atoms with van der Waals surface area (Å²) in [4.78, 5) is 0. The van der Waals surface area contributed by atoms with Crippen molar-refractivity contribution >= 4 is 0 Å². The third-order valence-electron chi connectivity index (χ3n) is 4.21. The first kappa shape index (κ1) is 15.9. The lowest BCUT2D eigenvalue weighted by Gasteiger charge is -2.28. The summed E-state index contributed by atoms with van der Waals surface area (Å²) in [6.07, 6.45) is 2.24. The lowest BCUT2D eigenvalue weighted by Crippen LogP contribution is -2.51. The fourth-order valence-corrected chi connectivity index (χ4v) is 2.80. The molecule has 0 aromatic heterocycles. The minimum atomic E-state index is -0.535. The Morgan fingerprint density at radius 2 is 2.14 bits per heavy atom. The first-order chi connectivity index (χ1) is 10.0. The molecular formula is C18H26N2O. The maximum atomic E-state index is 9.64. The Morgan fingerprint density at radius 3 is 2.67 bits per heavy atom. The third-order valence-corrected chi connectivity index (χ3v) is 4.21. The van der Waals surface area contributed by atoms with Crippen molar-refractivity contribution < 1.29 is 4.74 Å². The highest BCUT2D eigenvalue weighted by molar-refractivity contribution is 5.39. The highest BCUT2D eigenvalue weighted by Gasteiger charge is 2.46. The molecule has 1 aliphatic rings. The van der Waals surface area contributed by atoms with Gasteiger partial charge >= 0.3 is 0 Å². The minimum Gasteiger partial charge on any atom is -0.490 e. The molecule has 1 atom stereocenters. The number of nitrogens with one attached hydrogen (secondary N) is 1. The molecule has 1 aromatic carbocycles. The maximum absolute atomic E-state index is 9.64. The molecule has 1 saturated carbocycles. The molecule has 114 valence electrons. The van der Waals surface area contributed by atoms with Gasteiger partial charge < -0.3 is 4.74 Å². The van der Waals surface area contributed by atoms with Gasteiger partial charge in [0.25, 0.3) is 0 Å². The second-order valence-electron chi connectivity index (χ2n) is 6.37. The van der Waals surface area contributed by atoms with Crippen molar-refractivity contribution in [3.8, 4) is 11.8 Å². The number of aryl methyl sites for hydroxylation is 1. The van der Waals surface area contributed by atoms with Gasteiger partial charge in [0.2, 0.25) is 0 Å². The van der Waals surface area contributed by atoms with Gasteiger partial charge in [-0.3, -0.25) is 5.32 Å². The van der Waals surface area contributed by atoms with Gasteiger partial charge in [-0.2, -0.15) is 5.26 Å². The molecule has 0 spiro atoms. The molecule has 1 N–H and O–H groups in total. The van der Waals surface area contributed by atoms with Crippen LogP contribution in [0.15, 0.2) is 18.2 Å². The van der Waals surface area contributed by atoms with Crippen molar-refractivity contribution in [1.82, 2.24) is 5.32 Å². The van der Waals surface area contributed by atoms with Gasteiger partial charge in [0.05, 0.1) is 6.07 Å². The average molecular weight is 286 g/mol. The quantitative estimate of drug-likeness (QED) is 0.829. The topological polar surface area (TPSA) is 45.0 Å². The van der Waals surface area contributed by atoms with Crippen molar-refractivity contribution in [3.05, 3.63) is 29.3 Å². The molecule has 1 aromatic rings. The Kier molecular flexibility index (Phi) is 4.90. The molecule has 2 rings (SSSR count). The number of likely N-dealkylation sites (N-methyl/N-ethyl adjacent to an activating group) is 1. The average Bonchev–Trinajstić information content (AvgIpc) is 3.28. The fraction of sp³-hybridized carbons (Fsp3) is 0.611. The van der Waals surface area contributed by atoms with Gasteiger partial charge in [-0.05, 0) is 55.3 Å². The second-order valence-corrected chi connectivity index (χ2v) is 6.37. The first-order valence-electron chi connectivity index (χ1n) is 7.92. The summed E-state index contributed by atoms with van der Waals surface area (Å²) in [5.74, 6) is 1.76. The molecule has 0 aliphatic heterocycles. The van der Waals surface area contributed by atoms with Crippen molar-refractivity contribution in [2.75, 3.05) is 13.2 Å². The van der Waals surface area contributed by atoms with E-state index in [0.29, 0.717) is 18.4 Å². The Labute approximate surface area is 128 Å². The van der Waals surface area contributed by atoms with E-state index in [-0.39, 0.29) is 0 Å². The molecular weight excluding hydrogens is 260 g/mol. The van der Waals surface area contributed by atoms with Crippen LogP contribution in [0.2, 0.25) is 0 Å². The van der Waals surface area contributed by atoms with Crippen molar-refractivity contribution in [2.24, 2.45) is 5.92 Å². The molecule has 3 nitrogen and oxygen atoms in total. The normalized spacial score (nSPS) is 17.3. The van der Waals surface area contributed by atoms with E-state index in [2.05, 4.69) is 50.4 Å². The monoisotopic (exact) mass is 286 g/mol. The standard InChI is InChI=1S/C18H26N2O/c1-5-20-18(11-19,15-7-8-15)12-21-17-10-14(4)6-9-16(17)13(2)3/h6,9-10,13,15,20H,5,7-8,12H2,1-4H3. The van der Waals surface area contributed by atoms with E-state index in [9.17, 15) is 5.26 Å². The summed E-state index contributed by atoms with van der Waals surface area (Å²) in [5, 5.41) is 13.0. The second kappa shape index (κ2) is 6.49. The minimum absolute atomic E-state index is 0.414. The molecule has 21 heavy (non-hydrogen) atoms.